The van der Waals surface area contributed by atoms with Crippen molar-refractivity contribution in [2.24, 2.45) is 0 Å². The maximum atomic E-state index is 13.4. The van der Waals surface area contributed by atoms with Crippen LogP contribution in [0.2, 0.25) is 0 Å². The molecular formula is C15H9FN2O. The number of H-pyrrole nitrogens is 2. The molecule has 0 aliphatic rings. The third-order valence-corrected chi connectivity index (χ3v) is 3.42. The van der Waals surface area contributed by atoms with E-state index in [1.54, 1.807) is 12.1 Å². The van der Waals surface area contributed by atoms with Crippen molar-refractivity contribution < 1.29 is 4.39 Å². The molecule has 4 aromatic rings. The van der Waals surface area contributed by atoms with Crippen molar-refractivity contribution in [2.75, 3.05) is 0 Å². The summed E-state index contributed by atoms with van der Waals surface area (Å²) in [4.78, 5) is 18.7. The molecule has 19 heavy (non-hydrogen) atoms. The number of benzene rings is 2. The minimum Gasteiger partial charge on any atom is -0.353 e. The Morgan fingerprint density at radius 1 is 0.842 bits per heavy atom. The zero-order valence-electron chi connectivity index (χ0n) is 9.83. The lowest BCUT2D eigenvalue weighted by Crippen LogP contribution is -2.03. The van der Waals surface area contributed by atoms with Crippen molar-refractivity contribution in [1.82, 2.24) is 9.97 Å². The monoisotopic (exact) mass is 252 g/mol. The molecule has 3 nitrogen and oxygen atoms in total. The quantitative estimate of drug-likeness (QED) is 0.495. The third-order valence-electron chi connectivity index (χ3n) is 3.42. The highest BCUT2D eigenvalue weighted by Gasteiger charge is 2.11. The van der Waals surface area contributed by atoms with E-state index in [0.29, 0.717) is 21.8 Å². The van der Waals surface area contributed by atoms with E-state index in [-0.39, 0.29) is 11.2 Å². The van der Waals surface area contributed by atoms with Gasteiger partial charge in [-0.2, -0.15) is 0 Å². The minimum atomic E-state index is -0.317. The zero-order valence-corrected chi connectivity index (χ0v) is 9.83. The van der Waals surface area contributed by atoms with E-state index in [4.69, 9.17) is 0 Å². The summed E-state index contributed by atoms with van der Waals surface area (Å²) in [6, 6.07) is 11.8. The predicted octanol–water partition coefficient (Wildman–Crippen LogP) is 3.30. The molecule has 0 fully saturated rings. The Labute approximate surface area is 106 Å². The molecule has 2 N–H and O–H groups in total. The maximum absolute atomic E-state index is 13.4. The average molecular weight is 252 g/mol. The number of fused-ring (bicyclic) bond motifs is 4. The molecular weight excluding hydrogens is 243 g/mol. The van der Waals surface area contributed by atoms with Crippen LogP contribution in [0.4, 0.5) is 4.39 Å². The standard InChI is InChI=1S/C15H9FN2O/c16-8-5-6-12-10(7-8)13-14(18-12)15(19)9-3-1-2-4-11(9)17-13/h1-7,18H,(H,17,19). The van der Waals surface area contributed by atoms with Crippen molar-refractivity contribution in [3.8, 4) is 0 Å². The van der Waals surface area contributed by atoms with Crippen LogP contribution >= 0.6 is 0 Å². The molecule has 0 atom stereocenters. The summed E-state index contributed by atoms with van der Waals surface area (Å²) in [6.07, 6.45) is 0. The molecule has 0 aliphatic carbocycles. The van der Waals surface area contributed by atoms with Crippen LogP contribution in [0, 0.1) is 5.82 Å². The van der Waals surface area contributed by atoms with Gasteiger partial charge in [-0.15, -0.1) is 0 Å². The van der Waals surface area contributed by atoms with Crippen molar-refractivity contribution in [3.05, 3.63) is 58.5 Å². The molecule has 0 saturated heterocycles. The second-order valence-electron chi connectivity index (χ2n) is 4.56. The summed E-state index contributed by atoms with van der Waals surface area (Å²) in [5.74, 6) is -0.317. The summed E-state index contributed by atoms with van der Waals surface area (Å²) < 4.78 is 13.4. The van der Waals surface area contributed by atoms with E-state index in [1.807, 2.05) is 18.2 Å². The Morgan fingerprint density at radius 3 is 2.47 bits per heavy atom. The third kappa shape index (κ3) is 1.34. The number of hydrogen-bond acceptors (Lipinski definition) is 1. The predicted molar refractivity (Wildman–Crippen MR) is 73.9 cm³/mol. The Balaban J connectivity index is 2.34. The van der Waals surface area contributed by atoms with Crippen LogP contribution in [-0.4, -0.2) is 9.97 Å². The molecule has 0 aliphatic heterocycles. The van der Waals surface area contributed by atoms with E-state index < -0.39 is 0 Å². The highest BCUT2D eigenvalue weighted by atomic mass is 19.1. The number of rotatable bonds is 0. The lowest BCUT2D eigenvalue weighted by molar-refractivity contribution is 0.630. The molecule has 92 valence electrons. The second-order valence-corrected chi connectivity index (χ2v) is 4.56. The van der Waals surface area contributed by atoms with Crippen molar-refractivity contribution in [1.29, 1.82) is 0 Å². The van der Waals surface area contributed by atoms with E-state index >= 15 is 0 Å². The number of hydrogen-bond donors (Lipinski definition) is 2. The van der Waals surface area contributed by atoms with Gasteiger partial charge in [0.2, 0.25) is 5.43 Å². The van der Waals surface area contributed by atoms with Gasteiger partial charge in [-0.05, 0) is 30.3 Å². The molecule has 0 saturated carbocycles. The summed E-state index contributed by atoms with van der Waals surface area (Å²) in [5, 5.41) is 1.32. The summed E-state index contributed by atoms with van der Waals surface area (Å²) in [5.41, 5.74) is 2.57. The number of pyridine rings is 1. The molecule has 0 radical (unpaired) electrons. The van der Waals surface area contributed by atoms with E-state index in [2.05, 4.69) is 9.97 Å². The normalized spacial score (nSPS) is 11.6. The first kappa shape index (κ1) is 10.3. The van der Waals surface area contributed by atoms with Crippen LogP contribution in [0.3, 0.4) is 0 Å². The van der Waals surface area contributed by atoms with Crippen LogP contribution < -0.4 is 5.43 Å². The molecule has 0 unspecified atom stereocenters. The summed E-state index contributed by atoms with van der Waals surface area (Å²) >= 11 is 0. The van der Waals surface area contributed by atoms with Crippen LogP contribution in [0.15, 0.2) is 47.3 Å². The van der Waals surface area contributed by atoms with Gasteiger partial charge >= 0.3 is 0 Å². The van der Waals surface area contributed by atoms with Gasteiger partial charge in [0.15, 0.2) is 0 Å². The number of nitrogens with one attached hydrogen (secondary N) is 2. The molecule has 0 bridgehead atoms. The topological polar surface area (TPSA) is 48.6 Å². The number of para-hydroxylation sites is 1. The second kappa shape index (κ2) is 3.45. The fraction of sp³-hybridized carbons (Fsp3) is 0. The Bertz CT molecular complexity index is 997. The van der Waals surface area contributed by atoms with E-state index in [1.165, 1.54) is 12.1 Å². The molecule has 4 heteroatoms. The minimum absolute atomic E-state index is 0.0686. The van der Waals surface area contributed by atoms with Crippen LogP contribution in [0.1, 0.15) is 0 Å². The van der Waals surface area contributed by atoms with Crippen LogP contribution in [-0.2, 0) is 0 Å². The van der Waals surface area contributed by atoms with Gasteiger partial charge in [0.05, 0.1) is 5.52 Å². The number of halogens is 1. The zero-order chi connectivity index (χ0) is 13.0. The van der Waals surface area contributed by atoms with Crippen molar-refractivity contribution in [2.45, 2.75) is 0 Å². The largest absolute Gasteiger partial charge is 0.353 e. The van der Waals surface area contributed by atoms with Gasteiger partial charge in [0.25, 0.3) is 0 Å². The molecule has 2 aromatic heterocycles. The van der Waals surface area contributed by atoms with Gasteiger partial charge in [0, 0.05) is 21.8 Å². The van der Waals surface area contributed by atoms with E-state index in [0.717, 1.165) is 11.0 Å². The van der Waals surface area contributed by atoms with Crippen LogP contribution in [0.5, 0.6) is 0 Å². The van der Waals surface area contributed by atoms with Gasteiger partial charge in [-0.3, -0.25) is 4.79 Å². The molecule has 0 spiro atoms. The summed E-state index contributed by atoms with van der Waals surface area (Å²) in [7, 11) is 0. The SMILES string of the molecule is O=c1c2ccccc2[nH]c2c1[nH]c1ccc(F)cc12. The van der Waals surface area contributed by atoms with Crippen LogP contribution in [0.25, 0.3) is 32.8 Å². The summed E-state index contributed by atoms with van der Waals surface area (Å²) in [6.45, 7) is 0. The Hall–Kier alpha value is -2.62. The molecule has 2 aromatic carbocycles. The van der Waals surface area contributed by atoms with Gasteiger partial charge in [-0.25, -0.2) is 4.39 Å². The smallest absolute Gasteiger partial charge is 0.213 e. The average Bonchev–Trinajstić information content (AvgIpc) is 2.78. The first-order valence-electron chi connectivity index (χ1n) is 5.96. The van der Waals surface area contributed by atoms with Gasteiger partial charge in [0.1, 0.15) is 11.3 Å². The first-order valence-corrected chi connectivity index (χ1v) is 5.96. The highest BCUT2D eigenvalue weighted by Crippen LogP contribution is 2.24. The van der Waals surface area contributed by atoms with E-state index in [9.17, 15) is 9.18 Å². The number of aromatic amines is 2. The molecule has 4 rings (SSSR count). The first-order chi connectivity index (χ1) is 9.24. The maximum Gasteiger partial charge on any atom is 0.213 e. The fourth-order valence-corrected chi connectivity index (χ4v) is 2.52. The fourth-order valence-electron chi connectivity index (χ4n) is 2.52. The number of aromatic nitrogens is 2. The Morgan fingerprint density at radius 2 is 1.58 bits per heavy atom. The van der Waals surface area contributed by atoms with Gasteiger partial charge in [-0.1, -0.05) is 12.1 Å². The Kier molecular flexibility index (Phi) is 1.87. The molecule has 2 heterocycles. The van der Waals surface area contributed by atoms with Crippen molar-refractivity contribution >= 4 is 32.8 Å². The lowest BCUT2D eigenvalue weighted by atomic mass is 10.1. The lowest BCUT2D eigenvalue weighted by Gasteiger charge is -1.98. The highest BCUT2D eigenvalue weighted by molar-refractivity contribution is 6.07. The van der Waals surface area contributed by atoms with Gasteiger partial charge < -0.3 is 9.97 Å². The molecule has 0 amide bonds. The van der Waals surface area contributed by atoms with Crippen molar-refractivity contribution in [3.63, 3.8) is 0 Å².